The molecule has 0 aliphatic rings. The Morgan fingerprint density at radius 2 is 1.81 bits per heavy atom. The highest BCUT2D eigenvalue weighted by atomic mass is 19.2. The number of fused-ring (bicyclic) bond motifs is 1. The van der Waals surface area contributed by atoms with Gasteiger partial charge in [-0.05, 0) is 49.2 Å². The fourth-order valence-corrected chi connectivity index (χ4v) is 2.82. The molecule has 1 heterocycles. The van der Waals surface area contributed by atoms with Crippen molar-refractivity contribution in [3.8, 4) is 0 Å². The number of benzene rings is 2. The molecular formula is C19H15F3N2O2. The number of pyridine rings is 1. The molecule has 2 aromatic carbocycles. The number of carbonyl (C=O) groups excluding carboxylic acids is 1. The third kappa shape index (κ3) is 3.20. The van der Waals surface area contributed by atoms with Crippen molar-refractivity contribution in [2.24, 2.45) is 0 Å². The van der Waals surface area contributed by atoms with Gasteiger partial charge in [-0.25, -0.2) is 13.2 Å². The van der Waals surface area contributed by atoms with Gasteiger partial charge in [-0.3, -0.25) is 9.59 Å². The van der Waals surface area contributed by atoms with Crippen LogP contribution in [-0.2, 0) is 6.54 Å². The van der Waals surface area contributed by atoms with Crippen molar-refractivity contribution in [3.05, 3.63) is 80.4 Å². The van der Waals surface area contributed by atoms with Crippen LogP contribution in [0.4, 0.5) is 13.2 Å². The normalized spacial score (nSPS) is 11.0. The Morgan fingerprint density at radius 3 is 2.54 bits per heavy atom. The second-order valence-corrected chi connectivity index (χ2v) is 6.07. The largest absolute Gasteiger partial charge is 0.348 e. The van der Waals surface area contributed by atoms with Crippen LogP contribution in [0.25, 0.3) is 10.9 Å². The number of H-pyrrole nitrogens is 1. The minimum atomic E-state index is -1.72. The van der Waals surface area contributed by atoms with Crippen LogP contribution in [0, 0.1) is 31.3 Å². The van der Waals surface area contributed by atoms with Crippen molar-refractivity contribution in [1.82, 2.24) is 10.3 Å². The molecule has 1 aromatic heterocycles. The van der Waals surface area contributed by atoms with Crippen LogP contribution in [-0.4, -0.2) is 10.9 Å². The Kier molecular flexibility index (Phi) is 4.54. The van der Waals surface area contributed by atoms with Crippen molar-refractivity contribution in [3.63, 3.8) is 0 Å². The highest BCUT2D eigenvalue weighted by molar-refractivity contribution is 5.94. The molecule has 0 atom stereocenters. The molecule has 3 rings (SSSR count). The first kappa shape index (κ1) is 17.7. The summed E-state index contributed by atoms with van der Waals surface area (Å²) in [5.41, 5.74) is 1.87. The van der Waals surface area contributed by atoms with Gasteiger partial charge in [0.1, 0.15) is 0 Å². The molecule has 1 amide bonds. The number of aryl methyl sites for hydroxylation is 2. The lowest BCUT2D eigenvalue weighted by molar-refractivity contribution is 0.0945. The average molecular weight is 360 g/mol. The SMILES string of the molecule is Cc1cc(C)c2cc(CNC(=O)c3ccc(F)c(F)c3F)c(=O)[nH]c2c1. The predicted octanol–water partition coefficient (Wildman–Crippen LogP) is 3.49. The van der Waals surface area contributed by atoms with E-state index in [1.54, 1.807) is 6.07 Å². The number of hydrogen-bond acceptors (Lipinski definition) is 2. The fraction of sp³-hybridized carbons (Fsp3) is 0.158. The Morgan fingerprint density at radius 1 is 1.08 bits per heavy atom. The average Bonchev–Trinajstić information content (AvgIpc) is 2.58. The first-order valence-corrected chi connectivity index (χ1v) is 7.83. The zero-order valence-electron chi connectivity index (χ0n) is 14.0. The molecule has 26 heavy (non-hydrogen) atoms. The maximum Gasteiger partial charge on any atom is 0.254 e. The van der Waals surface area contributed by atoms with Gasteiger partial charge in [0.15, 0.2) is 17.5 Å². The van der Waals surface area contributed by atoms with Crippen LogP contribution in [0.3, 0.4) is 0 Å². The minimum absolute atomic E-state index is 0.185. The Hall–Kier alpha value is -3.09. The van der Waals surface area contributed by atoms with E-state index in [4.69, 9.17) is 0 Å². The van der Waals surface area contributed by atoms with Gasteiger partial charge in [0, 0.05) is 23.0 Å². The van der Waals surface area contributed by atoms with Gasteiger partial charge >= 0.3 is 0 Å². The van der Waals surface area contributed by atoms with E-state index >= 15 is 0 Å². The number of rotatable bonds is 3. The third-order valence-electron chi connectivity index (χ3n) is 4.11. The molecule has 0 bridgehead atoms. The molecule has 0 saturated carbocycles. The first-order valence-electron chi connectivity index (χ1n) is 7.83. The Labute approximate surface area is 146 Å². The second kappa shape index (κ2) is 6.67. The molecule has 2 N–H and O–H groups in total. The first-order chi connectivity index (χ1) is 12.3. The lowest BCUT2D eigenvalue weighted by Gasteiger charge is -2.09. The molecule has 0 spiro atoms. The van der Waals surface area contributed by atoms with Crippen LogP contribution >= 0.6 is 0 Å². The number of halogens is 3. The van der Waals surface area contributed by atoms with E-state index in [-0.39, 0.29) is 12.1 Å². The lowest BCUT2D eigenvalue weighted by Crippen LogP contribution is -2.27. The Balaban J connectivity index is 1.88. The molecule has 3 aromatic rings. The van der Waals surface area contributed by atoms with Crippen molar-refractivity contribution >= 4 is 16.8 Å². The third-order valence-corrected chi connectivity index (χ3v) is 4.11. The van der Waals surface area contributed by atoms with E-state index in [9.17, 15) is 22.8 Å². The molecule has 0 radical (unpaired) electrons. The number of hydrogen-bond donors (Lipinski definition) is 2. The predicted molar refractivity (Wildman–Crippen MR) is 91.5 cm³/mol. The minimum Gasteiger partial charge on any atom is -0.348 e. The Bertz CT molecular complexity index is 1090. The quantitative estimate of drug-likeness (QED) is 0.703. The van der Waals surface area contributed by atoms with Gasteiger partial charge in [-0.1, -0.05) is 6.07 Å². The van der Waals surface area contributed by atoms with E-state index in [0.29, 0.717) is 11.6 Å². The van der Waals surface area contributed by atoms with E-state index < -0.39 is 34.5 Å². The fourth-order valence-electron chi connectivity index (χ4n) is 2.82. The molecule has 0 aliphatic heterocycles. The number of nitrogens with one attached hydrogen (secondary N) is 2. The molecule has 4 nitrogen and oxygen atoms in total. The van der Waals surface area contributed by atoms with E-state index in [1.807, 2.05) is 26.0 Å². The van der Waals surface area contributed by atoms with Crippen LogP contribution in [0.15, 0.2) is 35.1 Å². The van der Waals surface area contributed by atoms with Gasteiger partial charge in [-0.2, -0.15) is 0 Å². The maximum atomic E-state index is 13.7. The lowest BCUT2D eigenvalue weighted by atomic mass is 10.0. The summed E-state index contributed by atoms with van der Waals surface area (Å²) in [5, 5.41) is 3.17. The van der Waals surface area contributed by atoms with Crippen LogP contribution in [0.5, 0.6) is 0 Å². The summed E-state index contributed by atoms with van der Waals surface area (Å²) in [6.07, 6.45) is 0. The molecule has 7 heteroatoms. The van der Waals surface area contributed by atoms with E-state index in [1.165, 1.54) is 0 Å². The monoisotopic (exact) mass is 360 g/mol. The van der Waals surface area contributed by atoms with Crippen molar-refractivity contribution in [2.75, 3.05) is 0 Å². The van der Waals surface area contributed by atoms with E-state index in [2.05, 4.69) is 10.3 Å². The summed E-state index contributed by atoms with van der Waals surface area (Å²) in [4.78, 5) is 27.0. The van der Waals surface area contributed by atoms with Crippen molar-refractivity contribution in [1.29, 1.82) is 0 Å². The standard InChI is InChI=1S/C19H15F3N2O2/c1-9-5-10(2)13-7-11(18(25)24-15(13)6-9)8-23-19(26)12-3-4-14(20)17(22)16(12)21/h3-7H,8H2,1-2H3,(H,23,26)(H,24,25). The zero-order valence-corrected chi connectivity index (χ0v) is 14.0. The molecule has 0 unspecified atom stereocenters. The summed E-state index contributed by atoms with van der Waals surface area (Å²) in [5.74, 6) is -5.61. The molecule has 134 valence electrons. The summed E-state index contributed by atoms with van der Waals surface area (Å²) in [7, 11) is 0. The summed E-state index contributed by atoms with van der Waals surface area (Å²) in [6.45, 7) is 3.62. The van der Waals surface area contributed by atoms with Crippen molar-refractivity contribution in [2.45, 2.75) is 20.4 Å². The van der Waals surface area contributed by atoms with E-state index in [0.717, 1.165) is 22.6 Å². The zero-order chi connectivity index (χ0) is 19.0. The number of amides is 1. The summed E-state index contributed by atoms with van der Waals surface area (Å²) < 4.78 is 39.9. The topological polar surface area (TPSA) is 62.0 Å². The van der Waals surface area contributed by atoms with Crippen molar-refractivity contribution < 1.29 is 18.0 Å². The summed E-state index contributed by atoms with van der Waals surface area (Å²) >= 11 is 0. The van der Waals surface area contributed by atoms with Gasteiger partial charge in [-0.15, -0.1) is 0 Å². The highest BCUT2D eigenvalue weighted by Gasteiger charge is 2.19. The highest BCUT2D eigenvalue weighted by Crippen LogP contribution is 2.19. The number of aromatic nitrogens is 1. The number of aromatic amines is 1. The van der Waals surface area contributed by atoms with Crippen LogP contribution in [0.2, 0.25) is 0 Å². The maximum absolute atomic E-state index is 13.7. The molecule has 0 aliphatic carbocycles. The van der Waals surface area contributed by atoms with Gasteiger partial charge < -0.3 is 10.3 Å². The van der Waals surface area contributed by atoms with Gasteiger partial charge in [0.25, 0.3) is 11.5 Å². The molecule has 0 saturated heterocycles. The molecular weight excluding hydrogens is 345 g/mol. The van der Waals surface area contributed by atoms with Crippen LogP contribution in [0.1, 0.15) is 27.0 Å². The second-order valence-electron chi connectivity index (χ2n) is 6.07. The number of carbonyl (C=O) groups is 1. The van der Waals surface area contributed by atoms with Gasteiger partial charge in [0.05, 0.1) is 5.56 Å². The molecule has 0 fully saturated rings. The smallest absolute Gasteiger partial charge is 0.254 e. The van der Waals surface area contributed by atoms with Crippen LogP contribution < -0.4 is 10.9 Å². The van der Waals surface area contributed by atoms with Gasteiger partial charge in [0.2, 0.25) is 0 Å². The summed E-state index contributed by atoms with van der Waals surface area (Å²) in [6, 6.07) is 6.95.